The summed E-state index contributed by atoms with van der Waals surface area (Å²) in [6.07, 6.45) is 5.73. The maximum Gasteiger partial charge on any atom is 0.0657 e. The molecular weight excluding hydrogens is 264 g/mol. The molecule has 2 heterocycles. The number of methoxy groups -OCH3 is 1. The van der Waals surface area contributed by atoms with Gasteiger partial charge in [0, 0.05) is 37.8 Å². The van der Waals surface area contributed by atoms with Crippen LogP contribution in [0.25, 0.3) is 10.9 Å². The van der Waals surface area contributed by atoms with Crippen molar-refractivity contribution in [2.45, 2.75) is 12.6 Å². The van der Waals surface area contributed by atoms with E-state index < -0.39 is 0 Å². The molecule has 0 aliphatic rings. The van der Waals surface area contributed by atoms with Crippen LogP contribution in [0.1, 0.15) is 11.6 Å². The maximum atomic E-state index is 5.35. The Morgan fingerprint density at radius 3 is 3.14 bits per heavy atom. The fourth-order valence-corrected chi connectivity index (χ4v) is 2.51. The molecule has 0 aliphatic carbocycles. The Morgan fingerprint density at radius 2 is 2.33 bits per heavy atom. The van der Waals surface area contributed by atoms with Gasteiger partial charge in [-0.2, -0.15) is 5.10 Å². The minimum atomic E-state index is 0.185. The zero-order valence-electron chi connectivity index (χ0n) is 12.1. The highest BCUT2D eigenvalue weighted by Crippen LogP contribution is 2.20. The zero-order chi connectivity index (χ0) is 14.5. The first kappa shape index (κ1) is 13.9. The number of hydrogen-bond donors (Lipinski definition) is 2. The summed E-state index contributed by atoms with van der Waals surface area (Å²) in [4.78, 5) is 3.22. The van der Waals surface area contributed by atoms with Crippen LogP contribution in [0, 0.1) is 0 Å². The molecule has 3 aromatic rings. The average Bonchev–Trinajstić information content (AvgIpc) is 3.16. The van der Waals surface area contributed by atoms with Gasteiger partial charge in [-0.25, -0.2) is 0 Å². The van der Waals surface area contributed by atoms with Crippen molar-refractivity contribution in [3.8, 4) is 0 Å². The van der Waals surface area contributed by atoms with Crippen molar-refractivity contribution in [3.05, 3.63) is 54.5 Å². The van der Waals surface area contributed by atoms with E-state index >= 15 is 0 Å². The number of nitrogens with zero attached hydrogens (tertiary/aromatic N) is 2. The SMILES string of the molecule is COCC(NCCn1cccn1)c1ccc2[nH]ccc2c1. The number of fused-ring (bicyclic) bond motifs is 1. The van der Waals surface area contributed by atoms with Gasteiger partial charge < -0.3 is 15.0 Å². The van der Waals surface area contributed by atoms with Gasteiger partial charge in [0.25, 0.3) is 0 Å². The number of ether oxygens (including phenoxy) is 1. The van der Waals surface area contributed by atoms with E-state index in [0.29, 0.717) is 6.61 Å². The molecule has 0 spiro atoms. The summed E-state index contributed by atoms with van der Waals surface area (Å²) in [5, 5.41) is 8.97. The van der Waals surface area contributed by atoms with Crippen LogP contribution in [0.2, 0.25) is 0 Å². The molecule has 0 bridgehead atoms. The Labute approximate surface area is 123 Å². The molecule has 5 heteroatoms. The van der Waals surface area contributed by atoms with Crippen molar-refractivity contribution >= 4 is 10.9 Å². The number of H-pyrrole nitrogens is 1. The Kier molecular flexibility index (Phi) is 4.33. The highest BCUT2D eigenvalue weighted by molar-refractivity contribution is 5.80. The summed E-state index contributed by atoms with van der Waals surface area (Å²) in [5.74, 6) is 0. The second-order valence-corrected chi connectivity index (χ2v) is 5.06. The highest BCUT2D eigenvalue weighted by atomic mass is 16.5. The largest absolute Gasteiger partial charge is 0.383 e. The molecular formula is C16H20N4O. The fraction of sp³-hybridized carbons (Fsp3) is 0.312. The van der Waals surface area contributed by atoms with Crippen LogP contribution >= 0.6 is 0 Å². The van der Waals surface area contributed by atoms with Crippen molar-refractivity contribution in [1.29, 1.82) is 0 Å². The number of aromatic amines is 1. The minimum absolute atomic E-state index is 0.185. The molecule has 5 nitrogen and oxygen atoms in total. The van der Waals surface area contributed by atoms with E-state index in [1.165, 1.54) is 10.9 Å². The maximum absolute atomic E-state index is 5.35. The smallest absolute Gasteiger partial charge is 0.0657 e. The Morgan fingerprint density at radius 1 is 1.38 bits per heavy atom. The third kappa shape index (κ3) is 3.32. The zero-order valence-corrected chi connectivity index (χ0v) is 12.1. The van der Waals surface area contributed by atoms with Crippen LogP contribution in [0.15, 0.2) is 48.9 Å². The van der Waals surface area contributed by atoms with Crippen LogP contribution in [-0.4, -0.2) is 35.0 Å². The van der Waals surface area contributed by atoms with Crippen molar-refractivity contribution in [2.75, 3.05) is 20.3 Å². The van der Waals surface area contributed by atoms with Gasteiger partial charge in [-0.1, -0.05) is 6.07 Å². The summed E-state index contributed by atoms with van der Waals surface area (Å²) in [6, 6.07) is 10.7. The van der Waals surface area contributed by atoms with Gasteiger partial charge in [0.1, 0.15) is 0 Å². The van der Waals surface area contributed by atoms with E-state index in [9.17, 15) is 0 Å². The van der Waals surface area contributed by atoms with E-state index in [4.69, 9.17) is 4.74 Å². The summed E-state index contributed by atoms with van der Waals surface area (Å²) < 4.78 is 7.27. The standard InChI is InChI=1S/C16H20N4O/c1-21-12-16(18-8-10-20-9-2-6-19-20)13-3-4-15-14(11-13)5-7-17-15/h2-7,9,11,16-18H,8,10,12H2,1H3. The summed E-state index contributed by atoms with van der Waals surface area (Å²) >= 11 is 0. The molecule has 110 valence electrons. The molecule has 0 fully saturated rings. The molecule has 2 N–H and O–H groups in total. The first-order chi connectivity index (χ1) is 10.4. The van der Waals surface area contributed by atoms with Crippen molar-refractivity contribution in [3.63, 3.8) is 0 Å². The monoisotopic (exact) mass is 284 g/mol. The number of aromatic nitrogens is 3. The van der Waals surface area contributed by atoms with Gasteiger partial charge in [0.05, 0.1) is 19.2 Å². The molecule has 0 aliphatic heterocycles. The number of rotatable bonds is 7. The number of nitrogens with one attached hydrogen (secondary N) is 2. The molecule has 1 unspecified atom stereocenters. The number of benzene rings is 1. The van der Waals surface area contributed by atoms with Gasteiger partial charge in [0.2, 0.25) is 0 Å². The molecule has 1 atom stereocenters. The van der Waals surface area contributed by atoms with E-state index in [2.05, 4.69) is 39.7 Å². The normalized spacial score (nSPS) is 12.8. The van der Waals surface area contributed by atoms with E-state index in [1.54, 1.807) is 13.3 Å². The van der Waals surface area contributed by atoms with Gasteiger partial charge in [-0.3, -0.25) is 4.68 Å². The Balaban J connectivity index is 1.67. The van der Waals surface area contributed by atoms with Crippen molar-refractivity contribution < 1.29 is 4.74 Å². The lowest BCUT2D eigenvalue weighted by molar-refractivity contribution is 0.166. The van der Waals surface area contributed by atoms with Crippen LogP contribution in [-0.2, 0) is 11.3 Å². The van der Waals surface area contributed by atoms with Crippen LogP contribution < -0.4 is 5.32 Å². The molecule has 0 amide bonds. The molecule has 0 saturated carbocycles. The quantitative estimate of drug-likeness (QED) is 0.700. The summed E-state index contributed by atoms with van der Waals surface area (Å²) in [6.45, 7) is 2.34. The van der Waals surface area contributed by atoms with Gasteiger partial charge >= 0.3 is 0 Å². The average molecular weight is 284 g/mol. The molecule has 0 saturated heterocycles. The highest BCUT2D eigenvalue weighted by Gasteiger charge is 2.11. The van der Waals surface area contributed by atoms with E-state index in [0.717, 1.165) is 18.6 Å². The third-order valence-corrected chi connectivity index (χ3v) is 3.60. The number of hydrogen-bond acceptors (Lipinski definition) is 3. The molecule has 2 aromatic heterocycles. The van der Waals surface area contributed by atoms with Gasteiger partial charge in [-0.15, -0.1) is 0 Å². The van der Waals surface area contributed by atoms with E-state index in [1.807, 2.05) is 23.1 Å². The Bertz CT molecular complexity index is 674. The molecule has 0 radical (unpaired) electrons. The summed E-state index contributed by atoms with van der Waals surface area (Å²) in [7, 11) is 1.73. The van der Waals surface area contributed by atoms with Gasteiger partial charge in [-0.05, 0) is 35.2 Å². The van der Waals surface area contributed by atoms with Crippen molar-refractivity contribution in [1.82, 2.24) is 20.1 Å². The molecule has 21 heavy (non-hydrogen) atoms. The first-order valence-corrected chi connectivity index (χ1v) is 7.13. The van der Waals surface area contributed by atoms with Gasteiger partial charge in [0.15, 0.2) is 0 Å². The first-order valence-electron chi connectivity index (χ1n) is 7.13. The topological polar surface area (TPSA) is 54.9 Å². The van der Waals surface area contributed by atoms with Crippen LogP contribution in [0.5, 0.6) is 0 Å². The second kappa shape index (κ2) is 6.56. The van der Waals surface area contributed by atoms with Crippen molar-refractivity contribution in [2.24, 2.45) is 0 Å². The predicted molar refractivity (Wildman–Crippen MR) is 83.1 cm³/mol. The fourth-order valence-electron chi connectivity index (χ4n) is 2.51. The lowest BCUT2D eigenvalue weighted by Gasteiger charge is -2.18. The lowest BCUT2D eigenvalue weighted by atomic mass is 10.1. The minimum Gasteiger partial charge on any atom is -0.383 e. The lowest BCUT2D eigenvalue weighted by Crippen LogP contribution is -2.28. The second-order valence-electron chi connectivity index (χ2n) is 5.06. The predicted octanol–water partition coefficient (Wildman–Crippen LogP) is 2.34. The molecule has 3 rings (SSSR count). The Hall–Kier alpha value is -2.11. The third-order valence-electron chi connectivity index (χ3n) is 3.60. The van der Waals surface area contributed by atoms with Crippen LogP contribution in [0.4, 0.5) is 0 Å². The van der Waals surface area contributed by atoms with Crippen LogP contribution in [0.3, 0.4) is 0 Å². The molecule has 1 aromatic carbocycles. The summed E-state index contributed by atoms with van der Waals surface area (Å²) in [5.41, 5.74) is 2.40. The van der Waals surface area contributed by atoms with E-state index in [-0.39, 0.29) is 6.04 Å².